The van der Waals surface area contributed by atoms with Gasteiger partial charge in [-0.2, -0.15) is 0 Å². The molecule has 3 N–H and O–H groups in total. The maximum atomic E-state index is 12.6. The molecular formula is C18H23N3O5S2. The number of carbonyl (C=O) groups excluding carboxylic acids is 1. The van der Waals surface area contributed by atoms with Crippen LogP contribution in [0.1, 0.15) is 29.3 Å². The van der Waals surface area contributed by atoms with Gasteiger partial charge in [0, 0.05) is 16.9 Å². The summed E-state index contributed by atoms with van der Waals surface area (Å²) in [4.78, 5) is 12.6. The smallest absolute Gasteiger partial charge is 0.255 e. The highest BCUT2D eigenvalue weighted by Gasteiger charge is 2.14. The van der Waals surface area contributed by atoms with Gasteiger partial charge in [0.25, 0.3) is 5.91 Å². The van der Waals surface area contributed by atoms with Crippen LogP contribution in [0.2, 0.25) is 0 Å². The highest BCUT2D eigenvalue weighted by atomic mass is 32.2. The fraction of sp³-hybridized carbons (Fsp3) is 0.278. The molecule has 28 heavy (non-hydrogen) atoms. The van der Waals surface area contributed by atoms with Crippen molar-refractivity contribution in [2.45, 2.75) is 20.3 Å². The van der Waals surface area contributed by atoms with Crippen LogP contribution in [-0.2, 0) is 20.0 Å². The average molecular weight is 426 g/mol. The lowest BCUT2D eigenvalue weighted by Gasteiger charge is -2.14. The molecule has 2 aromatic rings. The van der Waals surface area contributed by atoms with Crippen LogP contribution in [0.15, 0.2) is 42.5 Å². The zero-order chi connectivity index (χ0) is 20.9. The number of amides is 1. The molecule has 8 nitrogen and oxygen atoms in total. The van der Waals surface area contributed by atoms with Gasteiger partial charge in [0.15, 0.2) is 0 Å². The van der Waals surface area contributed by atoms with Crippen molar-refractivity contribution in [3.63, 3.8) is 0 Å². The third-order valence-electron chi connectivity index (χ3n) is 3.75. The quantitative estimate of drug-likeness (QED) is 0.600. The summed E-state index contributed by atoms with van der Waals surface area (Å²) in [5.74, 6) is -0.447. The Morgan fingerprint density at radius 2 is 1.61 bits per heavy atom. The number of benzene rings is 2. The fourth-order valence-corrected chi connectivity index (χ4v) is 4.25. The minimum atomic E-state index is -3.46. The first-order chi connectivity index (χ1) is 13.0. The van der Waals surface area contributed by atoms with Crippen LogP contribution in [0.4, 0.5) is 17.1 Å². The lowest BCUT2D eigenvalue weighted by molar-refractivity contribution is 0.102. The minimum Gasteiger partial charge on any atom is -0.322 e. The van der Waals surface area contributed by atoms with Crippen molar-refractivity contribution in [3.05, 3.63) is 53.6 Å². The Labute approximate surface area is 165 Å². The molecule has 0 radical (unpaired) electrons. The highest BCUT2D eigenvalue weighted by molar-refractivity contribution is 7.92. The van der Waals surface area contributed by atoms with E-state index in [1.54, 1.807) is 44.2 Å². The molecule has 0 unspecified atom stereocenters. The van der Waals surface area contributed by atoms with Crippen molar-refractivity contribution in [3.8, 4) is 0 Å². The van der Waals surface area contributed by atoms with Crippen molar-refractivity contribution >= 4 is 43.0 Å². The van der Waals surface area contributed by atoms with E-state index in [1.165, 1.54) is 12.1 Å². The molecule has 2 rings (SSSR count). The summed E-state index contributed by atoms with van der Waals surface area (Å²) < 4.78 is 51.5. The first kappa shape index (κ1) is 21.7. The SMILES string of the molecule is CCCS(=O)(=O)Nc1cccc(NC(=O)c2cccc(NS(C)(=O)=O)c2)c1C. The van der Waals surface area contributed by atoms with E-state index < -0.39 is 26.0 Å². The van der Waals surface area contributed by atoms with Crippen molar-refractivity contribution < 1.29 is 21.6 Å². The van der Waals surface area contributed by atoms with Crippen LogP contribution < -0.4 is 14.8 Å². The normalized spacial score (nSPS) is 11.7. The van der Waals surface area contributed by atoms with E-state index in [9.17, 15) is 21.6 Å². The zero-order valence-electron chi connectivity index (χ0n) is 15.8. The van der Waals surface area contributed by atoms with E-state index in [-0.39, 0.29) is 17.0 Å². The lowest BCUT2D eigenvalue weighted by atomic mass is 10.1. The summed E-state index contributed by atoms with van der Waals surface area (Å²) in [5, 5.41) is 2.72. The molecule has 0 heterocycles. The average Bonchev–Trinajstić information content (AvgIpc) is 2.57. The molecule has 152 valence electrons. The highest BCUT2D eigenvalue weighted by Crippen LogP contribution is 2.25. The summed E-state index contributed by atoms with van der Waals surface area (Å²) >= 11 is 0. The van der Waals surface area contributed by atoms with Crippen LogP contribution >= 0.6 is 0 Å². The monoisotopic (exact) mass is 425 g/mol. The maximum Gasteiger partial charge on any atom is 0.255 e. The number of nitrogens with one attached hydrogen (secondary N) is 3. The Balaban J connectivity index is 2.23. The molecule has 0 saturated carbocycles. The van der Waals surface area contributed by atoms with Crippen molar-refractivity contribution in [2.75, 3.05) is 26.8 Å². The summed E-state index contributed by atoms with van der Waals surface area (Å²) in [5.41, 5.74) is 1.93. The first-order valence-electron chi connectivity index (χ1n) is 8.50. The largest absolute Gasteiger partial charge is 0.322 e. The van der Waals surface area contributed by atoms with Gasteiger partial charge < -0.3 is 5.32 Å². The maximum absolute atomic E-state index is 12.6. The number of anilines is 3. The van der Waals surface area contributed by atoms with Gasteiger partial charge >= 0.3 is 0 Å². The molecule has 0 aliphatic rings. The van der Waals surface area contributed by atoms with E-state index in [0.717, 1.165) is 6.26 Å². The molecule has 0 atom stereocenters. The van der Waals surface area contributed by atoms with Gasteiger partial charge in [0.1, 0.15) is 0 Å². The second-order valence-electron chi connectivity index (χ2n) is 6.31. The van der Waals surface area contributed by atoms with Crippen LogP contribution in [0.25, 0.3) is 0 Å². The molecule has 0 aliphatic carbocycles. The van der Waals surface area contributed by atoms with E-state index in [1.807, 2.05) is 0 Å². The topological polar surface area (TPSA) is 121 Å². The summed E-state index contributed by atoms with van der Waals surface area (Å²) in [7, 11) is -6.92. The van der Waals surface area contributed by atoms with Crippen LogP contribution in [0.3, 0.4) is 0 Å². The molecule has 0 saturated heterocycles. The molecule has 1 amide bonds. The molecule has 0 bridgehead atoms. The molecular weight excluding hydrogens is 402 g/mol. The lowest BCUT2D eigenvalue weighted by Crippen LogP contribution is -2.18. The molecule has 2 aromatic carbocycles. The first-order valence-corrected chi connectivity index (χ1v) is 12.0. The molecule has 0 spiro atoms. The number of hydrogen-bond donors (Lipinski definition) is 3. The third-order valence-corrected chi connectivity index (χ3v) is 5.83. The Bertz CT molecular complexity index is 1080. The van der Waals surface area contributed by atoms with Crippen molar-refractivity contribution in [1.29, 1.82) is 0 Å². The van der Waals surface area contributed by atoms with Gasteiger partial charge in [-0.3, -0.25) is 14.2 Å². The second kappa shape index (κ2) is 8.61. The fourth-order valence-electron chi connectivity index (χ4n) is 2.50. The van der Waals surface area contributed by atoms with Gasteiger partial charge in [0.05, 0.1) is 17.7 Å². The van der Waals surface area contributed by atoms with E-state index >= 15 is 0 Å². The second-order valence-corrected chi connectivity index (χ2v) is 9.90. The van der Waals surface area contributed by atoms with Gasteiger partial charge in [0.2, 0.25) is 20.0 Å². The van der Waals surface area contributed by atoms with Gasteiger partial charge in [-0.25, -0.2) is 16.8 Å². The molecule has 0 aliphatic heterocycles. The van der Waals surface area contributed by atoms with Crippen molar-refractivity contribution in [2.24, 2.45) is 0 Å². The van der Waals surface area contributed by atoms with Crippen LogP contribution in [0, 0.1) is 6.92 Å². The molecule has 0 fully saturated rings. The summed E-state index contributed by atoms with van der Waals surface area (Å²) in [6.07, 6.45) is 1.51. The standard InChI is InChI=1S/C18H23N3O5S2/c1-4-11-28(25,26)21-17-10-6-9-16(13(17)2)19-18(22)14-7-5-8-15(12-14)20-27(3,23)24/h5-10,12,20-21H,4,11H2,1-3H3,(H,19,22). The molecule has 0 aromatic heterocycles. The van der Waals surface area contributed by atoms with Gasteiger partial charge in [-0.05, 0) is 49.2 Å². The van der Waals surface area contributed by atoms with Gasteiger partial charge in [-0.15, -0.1) is 0 Å². The van der Waals surface area contributed by atoms with Crippen molar-refractivity contribution in [1.82, 2.24) is 0 Å². The van der Waals surface area contributed by atoms with E-state index in [2.05, 4.69) is 14.8 Å². The Hall–Kier alpha value is -2.59. The summed E-state index contributed by atoms with van der Waals surface area (Å²) in [6, 6.07) is 11.0. The summed E-state index contributed by atoms with van der Waals surface area (Å²) in [6.45, 7) is 3.47. The zero-order valence-corrected chi connectivity index (χ0v) is 17.4. The Morgan fingerprint density at radius 1 is 0.964 bits per heavy atom. The Morgan fingerprint density at radius 3 is 2.25 bits per heavy atom. The minimum absolute atomic E-state index is 0.00313. The predicted molar refractivity (Wildman–Crippen MR) is 112 cm³/mol. The van der Waals surface area contributed by atoms with Crippen LogP contribution in [0.5, 0.6) is 0 Å². The Kier molecular flexibility index (Phi) is 6.68. The van der Waals surface area contributed by atoms with Crippen LogP contribution in [-0.4, -0.2) is 34.8 Å². The molecule has 10 heteroatoms. The van der Waals surface area contributed by atoms with Gasteiger partial charge in [-0.1, -0.05) is 19.1 Å². The van der Waals surface area contributed by atoms with E-state index in [4.69, 9.17) is 0 Å². The third kappa shape index (κ3) is 6.24. The predicted octanol–water partition coefficient (Wildman–Crippen LogP) is 2.77. The number of rotatable bonds is 8. The van der Waals surface area contributed by atoms with E-state index in [0.29, 0.717) is 23.4 Å². The number of hydrogen-bond acceptors (Lipinski definition) is 5. The number of carbonyl (C=O) groups is 1. The number of sulfonamides is 2.